The molecule has 118 valence electrons. The Morgan fingerprint density at radius 1 is 1.43 bits per heavy atom. The van der Waals surface area contributed by atoms with Gasteiger partial charge >= 0.3 is 0 Å². The van der Waals surface area contributed by atoms with E-state index in [1.54, 1.807) is 6.92 Å². The number of aromatic nitrogens is 1. The van der Waals surface area contributed by atoms with Gasteiger partial charge in [0, 0.05) is 25.8 Å². The molecule has 0 aliphatic rings. The number of pyridine rings is 1. The van der Waals surface area contributed by atoms with Crippen molar-refractivity contribution in [3.63, 3.8) is 0 Å². The van der Waals surface area contributed by atoms with E-state index in [0.717, 1.165) is 18.5 Å². The molecule has 1 N–H and O–H groups in total. The summed E-state index contributed by atoms with van der Waals surface area (Å²) in [6.45, 7) is 2.42. The number of rotatable bonds is 7. The topological polar surface area (TPSA) is 79.4 Å². The van der Waals surface area contributed by atoms with Crippen LogP contribution in [0, 0.1) is 11.8 Å². The highest BCUT2D eigenvalue weighted by atomic mass is 32.2. The fraction of sp³-hybridized carbons (Fsp3) is 0.500. The fourth-order valence-electron chi connectivity index (χ4n) is 1.70. The van der Waals surface area contributed by atoms with Crippen molar-refractivity contribution in [3.05, 3.63) is 29.6 Å². The third kappa shape index (κ3) is 5.01. The summed E-state index contributed by atoms with van der Waals surface area (Å²) in [6, 6.07) is 1.07. The Hall–Kier alpha value is -1.61. The monoisotopic (exact) mass is 321 g/mol. The van der Waals surface area contributed by atoms with Gasteiger partial charge in [-0.05, 0) is 12.5 Å². The summed E-state index contributed by atoms with van der Waals surface area (Å²) in [5.74, 6) is -3.41. The second-order valence-electron chi connectivity index (χ2n) is 4.33. The van der Waals surface area contributed by atoms with Crippen molar-refractivity contribution >= 4 is 15.9 Å². The van der Waals surface area contributed by atoms with Crippen LogP contribution < -0.4 is 5.32 Å². The first-order valence-corrected chi connectivity index (χ1v) is 8.15. The van der Waals surface area contributed by atoms with E-state index >= 15 is 0 Å². The Morgan fingerprint density at radius 3 is 2.67 bits per heavy atom. The molecule has 0 fully saturated rings. The van der Waals surface area contributed by atoms with E-state index in [-0.39, 0.29) is 13.1 Å². The maximum Gasteiger partial charge on any atom is 0.254 e. The lowest BCUT2D eigenvalue weighted by Gasteiger charge is -2.17. The number of carbonyl (C=O) groups excluding carboxylic acids is 1. The van der Waals surface area contributed by atoms with E-state index in [9.17, 15) is 22.0 Å². The van der Waals surface area contributed by atoms with Gasteiger partial charge in [0.1, 0.15) is 0 Å². The van der Waals surface area contributed by atoms with Crippen LogP contribution in [-0.4, -0.2) is 49.5 Å². The van der Waals surface area contributed by atoms with Crippen LogP contribution >= 0.6 is 0 Å². The van der Waals surface area contributed by atoms with Crippen LogP contribution in [0.5, 0.6) is 0 Å². The van der Waals surface area contributed by atoms with Crippen LogP contribution in [0.15, 0.2) is 12.3 Å². The molecule has 1 aromatic rings. The number of hydrogen-bond acceptors (Lipinski definition) is 4. The SMILES string of the molecule is CCN(CCCNC(=O)c1ccnc(F)c1F)S(C)(=O)=O. The van der Waals surface area contributed by atoms with Crippen LogP contribution in [0.1, 0.15) is 23.7 Å². The highest BCUT2D eigenvalue weighted by molar-refractivity contribution is 7.88. The van der Waals surface area contributed by atoms with Gasteiger partial charge in [0.2, 0.25) is 16.0 Å². The first kappa shape index (κ1) is 17.4. The molecule has 0 aliphatic carbocycles. The Bertz CT molecular complexity index is 608. The average molecular weight is 321 g/mol. The highest BCUT2D eigenvalue weighted by Crippen LogP contribution is 2.08. The first-order valence-electron chi connectivity index (χ1n) is 6.30. The molecule has 0 bridgehead atoms. The van der Waals surface area contributed by atoms with Crippen molar-refractivity contribution in [1.29, 1.82) is 0 Å². The van der Waals surface area contributed by atoms with E-state index in [1.807, 2.05) is 0 Å². The fourth-order valence-corrected chi connectivity index (χ4v) is 2.63. The Labute approximate surface area is 122 Å². The van der Waals surface area contributed by atoms with Gasteiger partial charge in [0.15, 0.2) is 5.82 Å². The summed E-state index contributed by atoms with van der Waals surface area (Å²) in [5, 5.41) is 2.40. The third-order valence-electron chi connectivity index (χ3n) is 2.78. The minimum Gasteiger partial charge on any atom is -0.352 e. The second-order valence-corrected chi connectivity index (χ2v) is 6.31. The van der Waals surface area contributed by atoms with E-state index in [0.29, 0.717) is 13.0 Å². The minimum absolute atomic E-state index is 0.147. The van der Waals surface area contributed by atoms with Gasteiger partial charge in [0.25, 0.3) is 5.91 Å². The summed E-state index contributed by atoms with van der Waals surface area (Å²) in [6.07, 6.45) is 2.46. The number of hydrogen-bond donors (Lipinski definition) is 1. The average Bonchev–Trinajstić information content (AvgIpc) is 2.40. The van der Waals surface area contributed by atoms with Gasteiger partial charge in [0.05, 0.1) is 11.8 Å². The van der Waals surface area contributed by atoms with Gasteiger partial charge in [-0.25, -0.2) is 22.1 Å². The van der Waals surface area contributed by atoms with Crippen LogP contribution in [-0.2, 0) is 10.0 Å². The molecule has 0 aliphatic heterocycles. The quantitative estimate of drug-likeness (QED) is 0.594. The molecule has 0 radical (unpaired) electrons. The lowest BCUT2D eigenvalue weighted by atomic mass is 10.2. The van der Waals surface area contributed by atoms with Crippen LogP contribution in [0.2, 0.25) is 0 Å². The minimum atomic E-state index is -3.28. The lowest BCUT2D eigenvalue weighted by Crippen LogP contribution is -2.33. The number of nitrogens with zero attached hydrogens (tertiary/aromatic N) is 2. The number of nitrogens with one attached hydrogen (secondary N) is 1. The molecule has 6 nitrogen and oxygen atoms in total. The maximum absolute atomic E-state index is 13.3. The van der Waals surface area contributed by atoms with Gasteiger partial charge < -0.3 is 5.32 Å². The van der Waals surface area contributed by atoms with Crippen molar-refractivity contribution in [2.24, 2.45) is 0 Å². The van der Waals surface area contributed by atoms with Gasteiger partial charge in [-0.1, -0.05) is 6.92 Å². The highest BCUT2D eigenvalue weighted by Gasteiger charge is 2.16. The van der Waals surface area contributed by atoms with Crippen LogP contribution in [0.3, 0.4) is 0 Å². The van der Waals surface area contributed by atoms with E-state index in [2.05, 4.69) is 10.3 Å². The Kier molecular flexibility index (Phi) is 6.16. The number of amides is 1. The number of sulfonamides is 1. The van der Waals surface area contributed by atoms with Gasteiger partial charge in [-0.3, -0.25) is 4.79 Å². The normalized spacial score (nSPS) is 11.7. The largest absolute Gasteiger partial charge is 0.352 e. The molecule has 21 heavy (non-hydrogen) atoms. The number of halogens is 2. The number of carbonyl (C=O) groups is 1. The molecule has 1 amide bonds. The van der Waals surface area contributed by atoms with Crippen molar-refractivity contribution in [2.45, 2.75) is 13.3 Å². The van der Waals surface area contributed by atoms with E-state index in [1.165, 1.54) is 4.31 Å². The molecule has 9 heteroatoms. The first-order chi connectivity index (χ1) is 9.77. The second kappa shape index (κ2) is 7.41. The van der Waals surface area contributed by atoms with E-state index < -0.39 is 33.3 Å². The summed E-state index contributed by atoms with van der Waals surface area (Å²) in [4.78, 5) is 14.7. The Balaban J connectivity index is 2.49. The van der Waals surface area contributed by atoms with Crippen LogP contribution in [0.4, 0.5) is 8.78 Å². The molecule has 1 heterocycles. The molecular formula is C12H17F2N3O3S. The smallest absolute Gasteiger partial charge is 0.254 e. The predicted octanol–water partition coefficient (Wildman–Crippen LogP) is 0.761. The van der Waals surface area contributed by atoms with Crippen LogP contribution in [0.25, 0.3) is 0 Å². The molecule has 0 atom stereocenters. The Morgan fingerprint density at radius 2 is 2.10 bits per heavy atom. The molecule has 0 spiro atoms. The lowest BCUT2D eigenvalue weighted by molar-refractivity contribution is 0.0947. The molecule has 1 rings (SSSR count). The van der Waals surface area contributed by atoms with Gasteiger partial charge in [-0.15, -0.1) is 0 Å². The van der Waals surface area contributed by atoms with Crippen molar-refractivity contribution in [2.75, 3.05) is 25.9 Å². The zero-order valence-corrected chi connectivity index (χ0v) is 12.6. The molecular weight excluding hydrogens is 304 g/mol. The molecule has 1 aromatic heterocycles. The molecule has 0 saturated carbocycles. The summed E-state index contributed by atoms with van der Waals surface area (Å²) >= 11 is 0. The standard InChI is InChI=1S/C12H17F2N3O3S/c1-3-17(21(2,19)20)8-4-6-16-12(18)9-5-7-15-11(14)10(9)13/h5,7H,3-4,6,8H2,1-2H3,(H,16,18). The summed E-state index contributed by atoms with van der Waals surface area (Å²) < 4.78 is 50.1. The maximum atomic E-state index is 13.3. The summed E-state index contributed by atoms with van der Waals surface area (Å²) in [7, 11) is -3.28. The zero-order chi connectivity index (χ0) is 16.0. The predicted molar refractivity (Wildman–Crippen MR) is 73.2 cm³/mol. The van der Waals surface area contributed by atoms with Gasteiger partial charge in [-0.2, -0.15) is 4.39 Å². The van der Waals surface area contributed by atoms with Crippen molar-refractivity contribution in [1.82, 2.24) is 14.6 Å². The van der Waals surface area contributed by atoms with E-state index in [4.69, 9.17) is 0 Å². The third-order valence-corrected chi connectivity index (χ3v) is 4.16. The molecule has 0 saturated heterocycles. The molecule has 0 unspecified atom stereocenters. The van der Waals surface area contributed by atoms with Crippen molar-refractivity contribution in [3.8, 4) is 0 Å². The zero-order valence-electron chi connectivity index (χ0n) is 11.8. The summed E-state index contributed by atoms with van der Waals surface area (Å²) in [5.41, 5.74) is -0.432. The van der Waals surface area contributed by atoms with Crippen molar-refractivity contribution < 1.29 is 22.0 Å². The molecule has 0 aromatic carbocycles.